The Labute approximate surface area is 165 Å². The molecule has 0 aliphatic carbocycles. The van der Waals surface area contributed by atoms with E-state index >= 15 is 0 Å². The third kappa shape index (κ3) is 5.20. The molecule has 1 heterocycles. The van der Waals surface area contributed by atoms with E-state index in [0.29, 0.717) is 0 Å². The minimum absolute atomic E-state index is 0.00105. The molecule has 0 fully saturated rings. The maximum atomic E-state index is 13.2. The molecule has 1 amide bonds. The van der Waals surface area contributed by atoms with E-state index in [1.807, 2.05) is 30.3 Å². The Hall–Kier alpha value is -3.20. The number of aromatic nitrogens is 3. The van der Waals surface area contributed by atoms with Crippen LogP contribution in [0.2, 0.25) is 0 Å². The summed E-state index contributed by atoms with van der Waals surface area (Å²) in [7, 11) is 0. The topological polar surface area (TPSA) is 71.2 Å². The molecule has 0 aliphatic rings. The van der Waals surface area contributed by atoms with Gasteiger partial charge in [0.2, 0.25) is 0 Å². The predicted molar refractivity (Wildman–Crippen MR) is 98.8 cm³/mol. The van der Waals surface area contributed by atoms with E-state index < -0.39 is 17.6 Å². The highest BCUT2D eigenvalue weighted by molar-refractivity contribution is 5.91. The van der Waals surface area contributed by atoms with Crippen LogP contribution in [-0.4, -0.2) is 44.1 Å². The van der Waals surface area contributed by atoms with Crippen LogP contribution >= 0.6 is 0 Å². The molecule has 152 valence electrons. The van der Waals surface area contributed by atoms with Gasteiger partial charge in [0, 0.05) is 13.1 Å². The average Bonchev–Trinajstić information content (AvgIpc) is 3.16. The lowest BCUT2D eigenvalue weighted by Gasteiger charge is -2.20. The molecular weight excluding hydrogens is 385 g/mol. The number of carbonyl (C=O) groups is 1. The smallest absolute Gasteiger partial charge is 0.395 e. The van der Waals surface area contributed by atoms with Gasteiger partial charge in [0.15, 0.2) is 5.69 Å². The van der Waals surface area contributed by atoms with Crippen molar-refractivity contribution < 1.29 is 23.1 Å². The van der Waals surface area contributed by atoms with E-state index in [1.165, 1.54) is 34.0 Å². The largest absolute Gasteiger partial charge is 0.416 e. The second-order valence-corrected chi connectivity index (χ2v) is 6.39. The molecular formula is C20H19F3N4O2. The number of aliphatic hydroxyl groups is 1. The van der Waals surface area contributed by atoms with Gasteiger partial charge in [-0.2, -0.15) is 13.2 Å². The summed E-state index contributed by atoms with van der Waals surface area (Å²) in [5.74, 6) is -0.460. The van der Waals surface area contributed by atoms with Gasteiger partial charge in [-0.3, -0.25) is 4.79 Å². The van der Waals surface area contributed by atoms with Crippen molar-refractivity contribution in [2.45, 2.75) is 19.3 Å². The minimum Gasteiger partial charge on any atom is -0.395 e. The average molecular weight is 404 g/mol. The summed E-state index contributed by atoms with van der Waals surface area (Å²) in [6.45, 7) is -0.0399. The van der Waals surface area contributed by atoms with E-state index in [2.05, 4.69) is 10.3 Å². The third-order valence-electron chi connectivity index (χ3n) is 4.29. The molecule has 1 aromatic heterocycles. The molecule has 9 heteroatoms. The number of amides is 1. The van der Waals surface area contributed by atoms with Crippen LogP contribution < -0.4 is 0 Å². The predicted octanol–water partition coefficient (Wildman–Crippen LogP) is 2.98. The van der Waals surface area contributed by atoms with Crippen LogP contribution in [0.25, 0.3) is 0 Å². The summed E-state index contributed by atoms with van der Waals surface area (Å²) in [6.07, 6.45) is -3.17. The number of carbonyl (C=O) groups excluding carboxylic acids is 1. The molecule has 3 rings (SSSR count). The Balaban J connectivity index is 1.77. The van der Waals surface area contributed by atoms with Gasteiger partial charge in [-0.05, 0) is 17.2 Å². The van der Waals surface area contributed by atoms with E-state index in [0.717, 1.165) is 11.6 Å². The molecule has 0 unspecified atom stereocenters. The number of rotatable bonds is 7. The maximum absolute atomic E-state index is 13.2. The molecule has 2 aromatic carbocycles. The Morgan fingerprint density at radius 1 is 1.07 bits per heavy atom. The van der Waals surface area contributed by atoms with E-state index in [4.69, 9.17) is 0 Å². The van der Waals surface area contributed by atoms with Crippen LogP contribution in [0, 0.1) is 0 Å². The summed E-state index contributed by atoms with van der Waals surface area (Å²) < 4.78 is 40.6. The zero-order valence-electron chi connectivity index (χ0n) is 15.4. The summed E-state index contributed by atoms with van der Waals surface area (Å²) in [6, 6.07) is 14.4. The van der Waals surface area contributed by atoms with Crippen molar-refractivity contribution in [1.82, 2.24) is 19.9 Å². The van der Waals surface area contributed by atoms with E-state index in [1.54, 1.807) is 0 Å². The Kier molecular flexibility index (Phi) is 6.28. The van der Waals surface area contributed by atoms with Crippen LogP contribution in [0.4, 0.5) is 13.2 Å². The van der Waals surface area contributed by atoms with Gasteiger partial charge in [-0.25, -0.2) is 4.68 Å². The summed E-state index contributed by atoms with van der Waals surface area (Å²) in [5.41, 5.74) is 0.148. The molecule has 6 nitrogen and oxygen atoms in total. The Morgan fingerprint density at radius 3 is 2.45 bits per heavy atom. The third-order valence-corrected chi connectivity index (χ3v) is 4.29. The zero-order valence-corrected chi connectivity index (χ0v) is 15.4. The van der Waals surface area contributed by atoms with Crippen LogP contribution in [0.1, 0.15) is 27.2 Å². The lowest BCUT2D eigenvalue weighted by Crippen LogP contribution is -2.33. The lowest BCUT2D eigenvalue weighted by molar-refractivity contribution is -0.138. The molecule has 0 spiro atoms. The normalized spacial score (nSPS) is 11.4. The Morgan fingerprint density at radius 2 is 1.76 bits per heavy atom. The first-order valence-corrected chi connectivity index (χ1v) is 8.88. The number of nitrogens with zero attached hydrogens (tertiary/aromatic N) is 4. The SMILES string of the molecule is O=C(c1cn(Cc2ccccc2C(F)(F)F)nn1)N(CCO)Cc1ccccc1. The van der Waals surface area contributed by atoms with E-state index in [-0.39, 0.29) is 37.5 Å². The lowest BCUT2D eigenvalue weighted by atomic mass is 10.1. The molecule has 1 N–H and O–H groups in total. The molecule has 0 aliphatic heterocycles. The van der Waals surface area contributed by atoms with Gasteiger partial charge < -0.3 is 10.0 Å². The van der Waals surface area contributed by atoms with Gasteiger partial charge in [0.25, 0.3) is 5.91 Å². The quantitative estimate of drug-likeness (QED) is 0.657. The van der Waals surface area contributed by atoms with Crippen molar-refractivity contribution in [2.24, 2.45) is 0 Å². The number of hydrogen-bond donors (Lipinski definition) is 1. The highest BCUT2D eigenvalue weighted by Gasteiger charge is 2.33. The fourth-order valence-corrected chi connectivity index (χ4v) is 2.92. The molecule has 3 aromatic rings. The zero-order chi connectivity index (χ0) is 20.9. The van der Waals surface area contributed by atoms with Crippen LogP contribution in [-0.2, 0) is 19.3 Å². The second-order valence-electron chi connectivity index (χ2n) is 6.39. The second kappa shape index (κ2) is 8.87. The molecule has 0 bridgehead atoms. The van der Waals surface area contributed by atoms with Gasteiger partial charge in [0.05, 0.1) is 24.9 Å². The van der Waals surface area contributed by atoms with Crippen molar-refractivity contribution in [3.05, 3.63) is 83.2 Å². The van der Waals surface area contributed by atoms with Crippen molar-refractivity contribution in [3.63, 3.8) is 0 Å². The number of benzene rings is 2. The fraction of sp³-hybridized carbons (Fsp3) is 0.250. The molecule has 29 heavy (non-hydrogen) atoms. The minimum atomic E-state index is -4.48. The van der Waals surface area contributed by atoms with Crippen LogP contribution in [0.15, 0.2) is 60.8 Å². The summed E-state index contributed by atoms with van der Waals surface area (Å²) in [5, 5.41) is 16.9. The summed E-state index contributed by atoms with van der Waals surface area (Å²) in [4.78, 5) is 14.2. The van der Waals surface area contributed by atoms with Gasteiger partial charge in [-0.15, -0.1) is 5.10 Å². The van der Waals surface area contributed by atoms with Crippen LogP contribution in [0.3, 0.4) is 0 Å². The van der Waals surface area contributed by atoms with Gasteiger partial charge in [0.1, 0.15) is 0 Å². The molecule has 0 atom stereocenters. The monoisotopic (exact) mass is 404 g/mol. The maximum Gasteiger partial charge on any atom is 0.416 e. The van der Waals surface area contributed by atoms with E-state index in [9.17, 15) is 23.1 Å². The highest BCUT2D eigenvalue weighted by atomic mass is 19.4. The molecule has 0 saturated heterocycles. The van der Waals surface area contributed by atoms with Crippen molar-refractivity contribution in [3.8, 4) is 0 Å². The molecule has 0 saturated carbocycles. The van der Waals surface area contributed by atoms with Gasteiger partial charge >= 0.3 is 6.18 Å². The Bertz CT molecular complexity index is 958. The van der Waals surface area contributed by atoms with Crippen LogP contribution in [0.5, 0.6) is 0 Å². The number of halogens is 3. The number of aliphatic hydroxyl groups excluding tert-OH is 1. The van der Waals surface area contributed by atoms with Crippen molar-refractivity contribution >= 4 is 5.91 Å². The first-order valence-electron chi connectivity index (χ1n) is 8.88. The first-order chi connectivity index (χ1) is 13.9. The van der Waals surface area contributed by atoms with Crippen molar-refractivity contribution in [2.75, 3.05) is 13.2 Å². The number of hydrogen-bond acceptors (Lipinski definition) is 4. The highest BCUT2D eigenvalue weighted by Crippen LogP contribution is 2.32. The number of alkyl halides is 3. The standard InChI is InChI=1S/C20H19F3N4O2/c21-20(22,23)17-9-5-4-8-16(17)13-27-14-18(24-25-27)19(29)26(10-11-28)12-15-6-2-1-3-7-15/h1-9,14,28H,10-13H2. The first kappa shape index (κ1) is 20.5. The fourth-order valence-electron chi connectivity index (χ4n) is 2.92. The van der Waals surface area contributed by atoms with Gasteiger partial charge in [-0.1, -0.05) is 53.7 Å². The molecule has 0 radical (unpaired) electrons. The summed E-state index contributed by atoms with van der Waals surface area (Å²) >= 11 is 0. The van der Waals surface area contributed by atoms with Crippen molar-refractivity contribution in [1.29, 1.82) is 0 Å².